The molecular formula is C19H25N3OP+. The Morgan fingerprint density at radius 3 is 2.46 bits per heavy atom. The Bertz CT molecular complexity index is 717. The molecule has 4 rings (SSSR count). The van der Waals surface area contributed by atoms with Crippen LogP contribution >= 0.6 is 7.95 Å². The highest BCUT2D eigenvalue weighted by Gasteiger charge is 2.51. The van der Waals surface area contributed by atoms with Crippen LogP contribution in [-0.2, 0) is 4.57 Å². The van der Waals surface area contributed by atoms with Crippen LogP contribution in [0.1, 0.15) is 46.0 Å². The summed E-state index contributed by atoms with van der Waals surface area (Å²) in [4.78, 5) is 2.48. The van der Waals surface area contributed by atoms with Gasteiger partial charge in [-0.25, -0.2) is 0 Å². The van der Waals surface area contributed by atoms with Gasteiger partial charge in [-0.1, -0.05) is 32.0 Å². The average Bonchev–Trinajstić information content (AvgIpc) is 2.91. The lowest BCUT2D eigenvalue weighted by molar-refractivity contribution is 0.240. The molecule has 24 heavy (non-hydrogen) atoms. The Hall–Kier alpha value is -1.67. The van der Waals surface area contributed by atoms with E-state index in [4.69, 9.17) is 5.10 Å². The lowest BCUT2D eigenvalue weighted by atomic mass is 9.78. The number of allylic oxidation sites excluding steroid dienone is 2. The van der Waals surface area contributed by atoms with E-state index in [1.54, 1.807) is 4.78 Å². The van der Waals surface area contributed by atoms with E-state index in [1.807, 2.05) is 30.3 Å². The number of likely N-dealkylation sites (tertiary alicyclic amines) is 1. The standard InChI is InChI=1S/C19H25N3OP/c1-19(2)13-16-18(17(14-19)21-11-7-4-8-12-21)24(23)22(20-16)15-9-5-3-6-10-15/h3,5-6,9-10H,4,7-8,11-14H2,1-2H3/q+1. The van der Waals surface area contributed by atoms with Crippen LogP contribution < -0.4 is 4.78 Å². The second-order valence-electron chi connectivity index (χ2n) is 7.81. The van der Waals surface area contributed by atoms with E-state index in [-0.39, 0.29) is 5.41 Å². The fraction of sp³-hybridized carbons (Fsp3) is 0.526. The molecular weight excluding hydrogens is 317 g/mol. The summed E-state index contributed by atoms with van der Waals surface area (Å²) in [6.45, 7) is 6.79. The molecule has 0 bridgehead atoms. The van der Waals surface area contributed by atoms with E-state index >= 15 is 0 Å². The third-order valence-corrected chi connectivity index (χ3v) is 6.71. The van der Waals surface area contributed by atoms with Gasteiger partial charge in [0.05, 0.1) is 5.70 Å². The molecule has 0 radical (unpaired) electrons. The zero-order valence-electron chi connectivity index (χ0n) is 14.5. The van der Waals surface area contributed by atoms with Crippen molar-refractivity contribution in [3.8, 4) is 0 Å². The summed E-state index contributed by atoms with van der Waals surface area (Å²) in [5.41, 5.74) is 3.43. The number of hydrogen-bond acceptors (Lipinski definition) is 3. The highest BCUT2D eigenvalue weighted by Crippen LogP contribution is 2.54. The molecule has 1 aromatic rings. The smallest absolute Gasteiger partial charge is 0.371 e. The highest BCUT2D eigenvalue weighted by atomic mass is 31.1. The van der Waals surface area contributed by atoms with Crippen molar-refractivity contribution in [2.75, 3.05) is 17.9 Å². The Kier molecular flexibility index (Phi) is 3.96. The van der Waals surface area contributed by atoms with Crippen molar-refractivity contribution in [3.05, 3.63) is 41.3 Å². The first kappa shape index (κ1) is 15.8. The van der Waals surface area contributed by atoms with Crippen molar-refractivity contribution < 1.29 is 4.57 Å². The number of hydrogen-bond donors (Lipinski definition) is 0. The maximum absolute atomic E-state index is 13.3. The Balaban J connectivity index is 1.76. The van der Waals surface area contributed by atoms with Gasteiger partial charge in [-0.3, -0.25) is 0 Å². The quantitative estimate of drug-likeness (QED) is 0.700. The number of nitrogens with zero attached hydrogens (tertiary/aromatic N) is 3. The SMILES string of the molecule is CC1(C)CC2=NN(c3ccccc3)[P+](=O)C2=C(N2CCCCC2)C1. The second kappa shape index (κ2) is 6.00. The third kappa shape index (κ3) is 2.77. The molecule has 1 saturated heterocycles. The Labute approximate surface area is 145 Å². The molecule has 1 aliphatic carbocycles. The van der Waals surface area contributed by atoms with Gasteiger partial charge in [0.1, 0.15) is 11.4 Å². The van der Waals surface area contributed by atoms with Crippen LogP contribution in [0.25, 0.3) is 0 Å². The fourth-order valence-electron chi connectivity index (χ4n) is 4.01. The molecule has 1 unspecified atom stereocenters. The summed E-state index contributed by atoms with van der Waals surface area (Å²) in [7, 11) is -1.65. The first-order valence-corrected chi connectivity index (χ1v) is 10.1. The average molecular weight is 342 g/mol. The minimum Gasteiger partial charge on any atom is -0.371 e. The van der Waals surface area contributed by atoms with Gasteiger partial charge in [0.15, 0.2) is 0 Å². The van der Waals surface area contributed by atoms with Gasteiger partial charge in [-0.2, -0.15) is 0 Å². The maximum Gasteiger partial charge on any atom is 0.527 e. The summed E-state index contributed by atoms with van der Waals surface area (Å²) in [6.07, 6.45) is 5.70. The van der Waals surface area contributed by atoms with Gasteiger partial charge in [0.2, 0.25) is 0 Å². The van der Waals surface area contributed by atoms with Gasteiger partial charge in [-0.15, -0.1) is 5.10 Å². The summed E-state index contributed by atoms with van der Waals surface area (Å²) in [5, 5.41) is 5.81. The van der Waals surface area contributed by atoms with Gasteiger partial charge in [-0.05, 0) is 52.6 Å². The fourth-order valence-corrected chi connectivity index (χ4v) is 5.51. The van der Waals surface area contributed by atoms with E-state index < -0.39 is 7.95 Å². The van der Waals surface area contributed by atoms with Crippen LogP contribution in [0.3, 0.4) is 0 Å². The number of hydrazone groups is 1. The Morgan fingerprint density at radius 1 is 1.04 bits per heavy atom. The molecule has 0 saturated carbocycles. The van der Waals surface area contributed by atoms with Crippen molar-refractivity contribution in [3.63, 3.8) is 0 Å². The van der Waals surface area contributed by atoms with Crippen LogP contribution in [0, 0.1) is 5.41 Å². The molecule has 0 amide bonds. The summed E-state index contributed by atoms with van der Waals surface area (Å²) < 4.78 is 15.0. The third-order valence-electron chi connectivity index (χ3n) is 5.14. The first-order chi connectivity index (χ1) is 11.6. The summed E-state index contributed by atoms with van der Waals surface area (Å²) in [5.74, 6) is 0. The lowest BCUT2D eigenvalue weighted by Crippen LogP contribution is -2.36. The van der Waals surface area contributed by atoms with Crippen molar-refractivity contribution >= 4 is 19.4 Å². The van der Waals surface area contributed by atoms with Crippen LogP contribution in [0.5, 0.6) is 0 Å². The van der Waals surface area contributed by atoms with E-state index in [9.17, 15) is 4.57 Å². The minimum atomic E-state index is -1.65. The summed E-state index contributed by atoms with van der Waals surface area (Å²) in [6, 6.07) is 9.91. The molecule has 0 spiro atoms. The number of piperidine rings is 1. The highest BCUT2D eigenvalue weighted by molar-refractivity contribution is 7.53. The van der Waals surface area contributed by atoms with Crippen LogP contribution in [0.4, 0.5) is 5.69 Å². The van der Waals surface area contributed by atoms with Crippen molar-refractivity contribution in [2.24, 2.45) is 10.5 Å². The molecule has 2 heterocycles. The van der Waals surface area contributed by atoms with E-state index in [2.05, 4.69) is 18.7 Å². The molecule has 4 nitrogen and oxygen atoms in total. The van der Waals surface area contributed by atoms with Crippen molar-refractivity contribution in [1.82, 2.24) is 4.90 Å². The second-order valence-corrected chi connectivity index (χ2v) is 9.18. The zero-order chi connectivity index (χ0) is 16.7. The van der Waals surface area contributed by atoms with Gasteiger partial charge >= 0.3 is 7.95 Å². The number of anilines is 1. The summed E-state index contributed by atoms with van der Waals surface area (Å²) >= 11 is 0. The normalized spacial score (nSPS) is 24.9. The monoisotopic (exact) mass is 342 g/mol. The predicted molar refractivity (Wildman–Crippen MR) is 99.4 cm³/mol. The molecule has 0 N–H and O–H groups in total. The molecule has 1 fully saturated rings. The van der Waals surface area contributed by atoms with Crippen LogP contribution in [0.15, 0.2) is 46.4 Å². The largest absolute Gasteiger partial charge is 0.527 e. The molecule has 0 aromatic heterocycles. The maximum atomic E-state index is 13.3. The molecule has 126 valence electrons. The Morgan fingerprint density at radius 2 is 1.75 bits per heavy atom. The molecule has 2 aliphatic heterocycles. The minimum absolute atomic E-state index is 0.179. The van der Waals surface area contributed by atoms with E-state index in [0.717, 1.165) is 42.6 Å². The van der Waals surface area contributed by atoms with Crippen LogP contribution in [0.2, 0.25) is 0 Å². The first-order valence-electron chi connectivity index (χ1n) is 8.93. The number of benzene rings is 1. The number of fused-ring (bicyclic) bond motifs is 1. The molecule has 1 atom stereocenters. The van der Waals surface area contributed by atoms with Gasteiger partial charge in [0.25, 0.3) is 5.31 Å². The van der Waals surface area contributed by atoms with Crippen molar-refractivity contribution in [2.45, 2.75) is 46.0 Å². The number of para-hydroxylation sites is 1. The lowest BCUT2D eigenvalue weighted by Gasteiger charge is -2.37. The predicted octanol–water partition coefficient (Wildman–Crippen LogP) is 5.12. The molecule has 5 heteroatoms. The zero-order valence-corrected chi connectivity index (χ0v) is 15.4. The van der Waals surface area contributed by atoms with E-state index in [0.29, 0.717) is 0 Å². The van der Waals surface area contributed by atoms with E-state index in [1.165, 1.54) is 25.0 Å². The van der Waals surface area contributed by atoms with Crippen molar-refractivity contribution in [1.29, 1.82) is 0 Å². The topological polar surface area (TPSA) is 35.9 Å². The molecule has 3 aliphatic rings. The van der Waals surface area contributed by atoms with Crippen LogP contribution in [-0.4, -0.2) is 23.7 Å². The van der Waals surface area contributed by atoms with Gasteiger partial charge in [0, 0.05) is 19.5 Å². The molecule has 1 aromatic carbocycles. The number of rotatable bonds is 2. The van der Waals surface area contributed by atoms with Gasteiger partial charge < -0.3 is 4.90 Å².